The third-order valence-corrected chi connectivity index (χ3v) is 8.35. The third-order valence-electron chi connectivity index (χ3n) is 6.63. The molecular weight excluding hydrogens is 481 g/mol. The minimum atomic E-state index is -3.76. The predicted molar refractivity (Wildman–Crippen MR) is 135 cm³/mol. The molecule has 0 amide bonds. The van der Waals surface area contributed by atoms with E-state index in [9.17, 15) is 12.8 Å². The Balaban J connectivity index is 1.53. The maximum Gasteiger partial charge on any atom is 0.264 e. The van der Waals surface area contributed by atoms with E-state index in [1.54, 1.807) is 30.1 Å². The standard InChI is InChI=1S/C25H30FN7O2S/c1-17(2)14-31-9-10-32(36(34,35)25-16-30(4)29-28-25)15-24(31)22-12-19-13-27-33(23(19)11-18(22)3)21-7-5-20(26)6-8-21/h5-8,11-13,16-17,24H,9-10,14-15H2,1-4H3/t24-/m1/s1. The molecule has 0 saturated carbocycles. The van der Waals surface area contributed by atoms with Gasteiger partial charge in [-0.25, -0.2) is 17.5 Å². The average molecular weight is 512 g/mol. The van der Waals surface area contributed by atoms with Crippen molar-refractivity contribution in [3.63, 3.8) is 0 Å². The summed E-state index contributed by atoms with van der Waals surface area (Å²) in [5, 5.41) is 13.1. The number of fused-ring (bicyclic) bond motifs is 1. The first-order valence-electron chi connectivity index (χ1n) is 12.0. The molecule has 0 bridgehead atoms. The van der Waals surface area contributed by atoms with E-state index < -0.39 is 10.0 Å². The molecule has 1 fully saturated rings. The number of piperazine rings is 1. The molecule has 0 N–H and O–H groups in total. The topological polar surface area (TPSA) is 89.2 Å². The van der Waals surface area contributed by atoms with Gasteiger partial charge in [0.25, 0.3) is 10.0 Å². The Kier molecular flexibility index (Phi) is 6.39. The fourth-order valence-electron chi connectivity index (χ4n) is 4.92. The second-order valence-electron chi connectivity index (χ2n) is 9.80. The van der Waals surface area contributed by atoms with Crippen LogP contribution in [0.5, 0.6) is 0 Å². The predicted octanol–water partition coefficient (Wildman–Crippen LogP) is 3.31. The summed E-state index contributed by atoms with van der Waals surface area (Å²) >= 11 is 0. The van der Waals surface area contributed by atoms with Crippen LogP contribution in [0.15, 0.2) is 53.8 Å². The molecule has 2 aromatic heterocycles. The molecule has 1 saturated heterocycles. The van der Waals surface area contributed by atoms with Crippen LogP contribution in [-0.2, 0) is 17.1 Å². The van der Waals surface area contributed by atoms with E-state index in [1.165, 1.54) is 27.3 Å². The smallest absolute Gasteiger partial charge is 0.264 e. The number of rotatable bonds is 6. The summed E-state index contributed by atoms with van der Waals surface area (Å²) in [6.45, 7) is 8.58. The van der Waals surface area contributed by atoms with Crippen LogP contribution in [0.3, 0.4) is 0 Å². The summed E-state index contributed by atoms with van der Waals surface area (Å²) < 4.78 is 44.8. The van der Waals surface area contributed by atoms with E-state index in [0.29, 0.717) is 25.6 Å². The summed E-state index contributed by atoms with van der Waals surface area (Å²) in [5.41, 5.74) is 3.81. The van der Waals surface area contributed by atoms with Crippen molar-refractivity contribution in [2.45, 2.75) is 31.8 Å². The molecule has 1 aliphatic heterocycles. The lowest BCUT2D eigenvalue weighted by Gasteiger charge is -2.42. The fourth-order valence-corrected chi connectivity index (χ4v) is 6.27. The highest BCUT2D eigenvalue weighted by Gasteiger charge is 2.37. The Labute approximate surface area is 210 Å². The highest BCUT2D eigenvalue weighted by atomic mass is 32.2. The molecule has 11 heteroatoms. The molecular formula is C25H30FN7O2S. The summed E-state index contributed by atoms with van der Waals surface area (Å²) in [7, 11) is -2.11. The normalized spacial score (nSPS) is 17.9. The van der Waals surface area contributed by atoms with E-state index in [-0.39, 0.29) is 16.9 Å². The number of hydrogen-bond donors (Lipinski definition) is 0. The molecule has 3 heterocycles. The Bertz CT molecular complexity index is 1490. The van der Waals surface area contributed by atoms with Crippen molar-refractivity contribution in [3.8, 4) is 5.69 Å². The van der Waals surface area contributed by atoms with Crippen molar-refractivity contribution in [1.29, 1.82) is 0 Å². The number of benzene rings is 2. The number of hydrogen-bond acceptors (Lipinski definition) is 6. The Morgan fingerprint density at radius 2 is 1.89 bits per heavy atom. The monoisotopic (exact) mass is 511 g/mol. The van der Waals surface area contributed by atoms with Gasteiger partial charge in [-0.15, -0.1) is 5.10 Å². The number of aryl methyl sites for hydroxylation is 2. The SMILES string of the molecule is Cc1cc2c(cnn2-c2ccc(F)cc2)cc1[C@H]1CN(S(=O)(=O)c2cn(C)nn2)CCN1CC(C)C. The van der Waals surface area contributed by atoms with Gasteiger partial charge >= 0.3 is 0 Å². The first-order valence-corrected chi connectivity index (χ1v) is 13.4. The lowest BCUT2D eigenvalue weighted by molar-refractivity contribution is 0.105. The van der Waals surface area contributed by atoms with Crippen LogP contribution in [0.2, 0.25) is 0 Å². The number of nitrogens with zero attached hydrogens (tertiary/aromatic N) is 7. The van der Waals surface area contributed by atoms with Crippen LogP contribution < -0.4 is 0 Å². The van der Waals surface area contributed by atoms with Crippen LogP contribution >= 0.6 is 0 Å². The Morgan fingerprint density at radius 3 is 2.56 bits per heavy atom. The minimum Gasteiger partial charge on any atom is -0.293 e. The summed E-state index contributed by atoms with van der Waals surface area (Å²) in [4.78, 5) is 2.37. The molecule has 0 spiro atoms. The van der Waals surface area contributed by atoms with Gasteiger partial charge in [-0.2, -0.15) is 9.40 Å². The van der Waals surface area contributed by atoms with E-state index in [2.05, 4.69) is 46.3 Å². The van der Waals surface area contributed by atoms with Crippen LogP contribution in [0.4, 0.5) is 4.39 Å². The Hall–Kier alpha value is -3.15. The zero-order chi connectivity index (χ0) is 25.6. The van der Waals surface area contributed by atoms with Crippen molar-refractivity contribution in [2.24, 2.45) is 13.0 Å². The van der Waals surface area contributed by atoms with Crippen molar-refractivity contribution in [2.75, 3.05) is 26.2 Å². The van der Waals surface area contributed by atoms with Crippen molar-refractivity contribution >= 4 is 20.9 Å². The average Bonchev–Trinajstić information content (AvgIpc) is 3.45. The first kappa shape index (κ1) is 24.5. The van der Waals surface area contributed by atoms with Gasteiger partial charge in [0.05, 0.1) is 23.6 Å². The Morgan fingerprint density at radius 1 is 1.14 bits per heavy atom. The molecule has 4 aromatic rings. The molecule has 190 valence electrons. The van der Waals surface area contributed by atoms with Crippen molar-refractivity contribution in [3.05, 3.63) is 65.7 Å². The zero-order valence-electron chi connectivity index (χ0n) is 20.8. The van der Waals surface area contributed by atoms with Crippen LogP contribution in [0.25, 0.3) is 16.6 Å². The lowest BCUT2D eigenvalue weighted by atomic mass is 9.96. The highest BCUT2D eigenvalue weighted by Crippen LogP contribution is 2.34. The zero-order valence-corrected chi connectivity index (χ0v) is 21.7. The maximum atomic E-state index is 13.4. The molecule has 2 aromatic carbocycles. The third kappa shape index (κ3) is 4.54. The van der Waals surface area contributed by atoms with Gasteiger partial charge < -0.3 is 0 Å². The summed E-state index contributed by atoms with van der Waals surface area (Å²) in [5.74, 6) is 0.137. The van der Waals surface area contributed by atoms with Gasteiger partial charge in [0.1, 0.15) is 5.82 Å². The molecule has 5 rings (SSSR count). The maximum absolute atomic E-state index is 13.4. The second kappa shape index (κ2) is 9.38. The van der Waals surface area contributed by atoms with Gasteiger partial charge in [-0.3, -0.25) is 9.58 Å². The molecule has 1 aliphatic rings. The molecule has 9 nitrogen and oxygen atoms in total. The molecule has 1 atom stereocenters. The van der Waals surface area contributed by atoms with Gasteiger partial charge in [0, 0.05) is 44.7 Å². The van der Waals surface area contributed by atoms with Gasteiger partial charge in [0.15, 0.2) is 0 Å². The number of aromatic nitrogens is 5. The van der Waals surface area contributed by atoms with E-state index in [4.69, 9.17) is 0 Å². The van der Waals surface area contributed by atoms with Gasteiger partial charge in [0.2, 0.25) is 5.03 Å². The van der Waals surface area contributed by atoms with Crippen LogP contribution in [0.1, 0.15) is 31.0 Å². The minimum absolute atomic E-state index is 0.0335. The van der Waals surface area contributed by atoms with Gasteiger partial charge in [-0.1, -0.05) is 19.1 Å². The second-order valence-corrected chi connectivity index (χ2v) is 11.7. The van der Waals surface area contributed by atoms with Crippen LogP contribution in [-0.4, -0.2) is 68.6 Å². The van der Waals surface area contributed by atoms with Gasteiger partial charge in [-0.05, 0) is 60.4 Å². The molecule has 0 radical (unpaired) electrons. The number of sulfonamides is 1. The van der Waals surface area contributed by atoms with Crippen molar-refractivity contribution in [1.82, 2.24) is 34.0 Å². The lowest BCUT2D eigenvalue weighted by Crippen LogP contribution is -2.51. The highest BCUT2D eigenvalue weighted by molar-refractivity contribution is 7.89. The first-order chi connectivity index (χ1) is 17.1. The molecule has 0 unspecified atom stereocenters. The fraction of sp³-hybridized carbons (Fsp3) is 0.400. The summed E-state index contributed by atoms with van der Waals surface area (Å²) in [6.07, 6.45) is 3.23. The van der Waals surface area contributed by atoms with Crippen molar-refractivity contribution < 1.29 is 12.8 Å². The summed E-state index contributed by atoms with van der Waals surface area (Å²) in [6, 6.07) is 10.3. The van der Waals surface area contributed by atoms with Crippen LogP contribution in [0, 0.1) is 18.7 Å². The largest absolute Gasteiger partial charge is 0.293 e. The quantitative estimate of drug-likeness (QED) is 0.395. The van der Waals surface area contributed by atoms with E-state index >= 15 is 0 Å². The van der Waals surface area contributed by atoms with E-state index in [0.717, 1.165) is 34.3 Å². The molecule has 0 aliphatic carbocycles. The molecule has 36 heavy (non-hydrogen) atoms. The van der Waals surface area contributed by atoms with E-state index in [1.807, 2.05) is 6.92 Å². The number of halogens is 1.